The number of allylic oxidation sites excluding steroid dienone is 4. The van der Waals surface area contributed by atoms with Crippen LogP contribution in [0.25, 0.3) is 0 Å². The third-order valence-electron chi connectivity index (χ3n) is 3.01. The topological polar surface area (TPSA) is 0 Å². The van der Waals surface area contributed by atoms with Gasteiger partial charge in [-0.3, -0.25) is 0 Å². The molecule has 0 fully saturated rings. The van der Waals surface area contributed by atoms with Crippen molar-refractivity contribution in [2.24, 2.45) is 5.92 Å². The monoisotopic (exact) mass is 198 g/mol. The van der Waals surface area contributed by atoms with Gasteiger partial charge in [0.1, 0.15) is 0 Å². The first-order valence-corrected chi connectivity index (χ1v) is 6.60. The molecule has 0 aliphatic heterocycles. The summed E-state index contributed by atoms with van der Waals surface area (Å²) in [7, 11) is 0. The fraction of sp³-hybridized carbons (Fsp3) is 0.636. The molecular weight excluding hydrogens is 180 g/mol. The van der Waals surface area contributed by atoms with Crippen molar-refractivity contribution in [3.05, 3.63) is 20.6 Å². The van der Waals surface area contributed by atoms with Gasteiger partial charge in [-0.2, -0.15) is 0 Å². The average Bonchev–Trinajstić information content (AvgIpc) is 2.23. The van der Waals surface area contributed by atoms with Crippen LogP contribution in [0.1, 0.15) is 34.6 Å². The number of hydrogen-bond acceptors (Lipinski definition) is 0. The van der Waals surface area contributed by atoms with Gasteiger partial charge in [0, 0.05) is 0 Å². The Balaban J connectivity index is 2.92. The zero-order valence-corrected chi connectivity index (χ0v) is 10.3. The van der Waals surface area contributed by atoms with Crippen LogP contribution in [0, 0.1) is 5.92 Å². The van der Waals surface area contributed by atoms with Crippen LogP contribution in [0.15, 0.2) is 20.6 Å². The standard InChI is InChI=1S/C9H13.C2H5.Ti/c1-6-5-7(2)9(4)8(6)3;1-2;/h6H,1-4H3;1H2,2H3;. The molecule has 12 heavy (non-hydrogen) atoms. The van der Waals surface area contributed by atoms with Crippen LogP contribution in [0.2, 0.25) is 4.73 Å². The van der Waals surface area contributed by atoms with Gasteiger partial charge < -0.3 is 0 Å². The van der Waals surface area contributed by atoms with Gasteiger partial charge in [-0.05, 0) is 0 Å². The van der Waals surface area contributed by atoms with Crippen molar-refractivity contribution in [1.29, 1.82) is 0 Å². The second-order valence-corrected chi connectivity index (χ2v) is 6.10. The van der Waals surface area contributed by atoms with Crippen molar-refractivity contribution in [3.8, 4) is 0 Å². The summed E-state index contributed by atoms with van der Waals surface area (Å²) >= 11 is 0.198. The summed E-state index contributed by atoms with van der Waals surface area (Å²) in [4.78, 5) is 0. The van der Waals surface area contributed by atoms with Crippen LogP contribution in [-0.4, -0.2) is 0 Å². The minimum absolute atomic E-state index is 0.198. The molecule has 0 nitrogen and oxygen atoms in total. The van der Waals surface area contributed by atoms with Gasteiger partial charge in [0.2, 0.25) is 0 Å². The Morgan fingerprint density at radius 2 is 1.75 bits per heavy atom. The number of rotatable bonds is 2. The zero-order valence-electron chi connectivity index (χ0n) is 8.78. The SMILES string of the molecule is C[CH2][Ti][C]1=C(C)C(C)=C(C)C1C. The molecule has 0 saturated carbocycles. The Bertz CT molecular complexity index is 246. The quantitative estimate of drug-likeness (QED) is 0.592. The first kappa shape index (κ1) is 10.3. The van der Waals surface area contributed by atoms with Gasteiger partial charge in [0.05, 0.1) is 0 Å². The summed E-state index contributed by atoms with van der Waals surface area (Å²) in [6, 6.07) is 0. The van der Waals surface area contributed by atoms with E-state index in [2.05, 4.69) is 34.6 Å². The fourth-order valence-electron chi connectivity index (χ4n) is 1.84. The van der Waals surface area contributed by atoms with E-state index in [0.29, 0.717) is 0 Å². The molecule has 0 bridgehead atoms. The van der Waals surface area contributed by atoms with Crippen molar-refractivity contribution in [3.63, 3.8) is 0 Å². The Hall–Kier alpha value is 0.194. The van der Waals surface area contributed by atoms with Crippen LogP contribution in [-0.2, 0) is 19.2 Å². The average molecular weight is 198 g/mol. The Morgan fingerprint density at radius 1 is 1.17 bits per heavy atom. The minimum atomic E-state index is 0.198. The maximum absolute atomic E-state index is 2.36. The van der Waals surface area contributed by atoms with Crippen molar-refractivity contribution in [1.82, 2.24) is 0 Å². The van der Waals surface area contributed by atoms with E-state index in [-0.39, 0.29) is 19.2 Å². The Morgan fingerprint density at radius 3 is 2.08 bits per heavy atom. The van der Waals surface area contributed by atoms with Crippen LogP contribution in [0.5, 0.6) is 0 Å². The zero-order chi connectivity index (χ0) is 9.30. The Kier molecular flexibility index (Phi) is 3.37. The molecule has 0 aromatic rings. The summed E-state index contributed by atoms with van der Waals surface area (Å²) in [6.07, 6.45) is 0. The van der Waals surface area contributed by atoms with Gasteiger partial charge >= 0.3 is 85.0 Å². The number of hydrogen-bond donors (Lipinski definition) is 0. The molecule has 0 saturated heterocycles. The van der Waals surface area contributed by atoms with Crippen molar-refractivity contribution < 1.29 is 19.2 Å². The van der Waals surface area contributed by atoms with Crippen LogP contribution >= 0.6 is 0 Å². The molecule has 1 aliphatic rings. The van der Waals surface area contributed by atoms with Crippen LogP contribution < -0.4 is 0 Å². The van der Waals surface area contributed by atoms with Crippen molar-refractivity contribution >= 4 is 0 Å². The molecule has 66 valence electrons. The predicted octanol–water partition coefficient (Wildman–Crippen LogP) is 3.77. The van der Waals surface area contributed by atoms with E-state index >= 15 is 0 Å². The molecule has 0 amide bonds. The third kappa shape index (κ3) is 1.60. The van der Waals surface area contributed by atoms with Gasteiger partial charge in [0.15, 0.2) is 0 Å². The van der Waals surface area contributed by atoms with E-state index in [1.54, 1.807) is 20.6 Å². The molecular formula is C11H18Ti. The molecule has 1 atom stereocenters. The normalized spacial score (nSPS) is 23.9. The second kappa shape index (κ2) is 3.93. The van der Waals surface area contributed by atoms with Gasteiger partial charge in [-0.1, -0.05) is 0 Å². The predicted molar refractivity (Wildman–Crippen MR) is 50.7 cm³/mol. The third-order valence-corrected chi connectivity index (χ3v) is 5.42. The fourth-order valence-corrected chi connectivity index (χ4v) is 3.96. The summed E-state index contributed by atoms with van der Waals surface area (Å²) in [5.41, 5.74) is 4.79. The first-order chi connectivity index (χ1) is 5.59. The van der Waals surface area contributed by atoms with E-state index in [1.807, 2.05) is 0 Å². The van der Waals surface area contributed by atoms with Crippen molar-refractivity contribution in [2.75, 3.05) is 0 Å². The van der Waals surface area contributed by atoms with Crippen LogP contribution in [0.4, 0.5) is 0 Å². The molecule has 0 heterocycles. The molecule has 0 N–H and O–H groups in total. The molecule has 0 aromatic heterocycles. The first-order valence-electron chi connectivity index (χ1n) is 4.72. The molecule has 0 radical (unpaired) electrons. The Labute approximate surface area is 85.1 Å². The van der Waals surface area contributed by atoms with Gasteiger partial charge in [-0.25, -0.2) is 0 Å². The van der Waals surface area contributed by atoms with Gasteiger partial charge in [-0.15, -0.1) is 0 Å². The van der Waals surface area contributed by atoms with E-state index in [1.165, 1.54) is 4.73 Å². The summed E-state index contributed by atoms with van der Waals surface area (Å²) in [5, 5.41) is 0. The van der Waals surface area contributed by atoms with Gasteiger partial charge in [0.25, 0.3) is 0 Å². The molecule has 1 unspecified atom stereocenters. The summed E-state index contributed by atoms with van der Waals surface area (Å²) in [6.45, 7) is 11.5. The van der Waals surface area contributed by atoms with E-state index < -0.39 is 0 Å². The maximum atomic E-state index is 2.36. The molecule has 0 aromatic carbocycles. The van der Waals surface area contributed by atoms with Crippen LogP contribution in [0.3, 0.4) is 0 Å². The summed E-state index contributed by atoms with van der Waals surface area (Å²) < 4.78 is 3.20. The van der Waals surface area contributed by atoms with Crippen molar-refractivity contribution in [2.45, 2.75) is 39.3 Å². The molecule has 1 heteroatoms. The molecule has 0 spiro atoms. The van der Waals surface area contributed by atoms with E-state index in [4.69, 9.17) is 0 Å². The van der Waals surface area contributed by atoms with E-state index in [9.17, 15) is 0 Å². The summed E-state index contributed by atoms with van der Waals surface area (Å²) in [5.74, 6) is 0.768. The molecule has 1 aliphatic carbocycles. The second-order valence-electron chi connectivity index (χ2n) is 3.60. The molecule has 1 rings (SSSR count). The van der Waals surface area contributed by atoms with E-state index in [0.717, 1.165) is 5.92 Å².